The molecule has 2 fully saturated rings. The normalized spacial score (nSPS) is 19.8. The van der Waals surface area contributed by atoms with Crippen LogP contribution in [0.25, 0.3) is 0 Å². The van der Waals surface area contributed by atoms with Gasteiger partial charge >= 0.3 is 0 Å². The first-order valence-electron chi connectivity index (χ1n) is 9.45. The Morgan fingerprint density at radius 1 is 1.00 bits per heavy atom. The van der Waals surface area contributed by atoms with Crippen LogP contribution in [0.5, 0.6) is 0 Å². The van der Waals surface area contributed by atoms with Gasteiger partial charge in [-0.25, -0.2) is 0 Å². The van der Waals surface area contributed by atoms with E-state index in [0.29, 0.717) is 45.3 Å². The summed E-state index contributed by atoms with van der Waals surface area (Å²) in [4.78, 5) is 30.8. The average molecular weight is 339 g/mol. The van der Waals surface area contributed by atoms with Crippen molar-refractivity contribution in [2.45, 2.75) is 51.5 Å². The second kappa shape index (κ2) is 9.99. The average Bonchev–Trinajstić information content (AvgIpc) is 2.99. The largest absolute Gasteiger partial charge is 0.381 e. The fourth-order valence-corrected chi connectivity index (χ4v) is 3.67. The third-order valence-corrected chi connectivity index (χ3v) is 5.20. The Balaban J connectivity index is 1.75. The predicted molar refractivity (Wildman–Crippen MR) is 93.8 cm³/mol. The zero-order chi connectivity index (χ0) is 17.4. The van der Waals surface area contributed by atoms with E-state index in [-0.39, 0.29) is 11.8 Å². The quantitative estimate of drug-likeness (QED) is 0.657. The van der Waals surface area contributed by atoms with Gasteiger partial charge in [0.2, 0.25) is 11.8 Å². The fourth-order valence-electron chi connectivity index (χ4n) is 3.67. The van der Waals surface area contributed by atoms with Gasteiger partial charge < -0.3 is 14.5 Å². The van der Waals surface area contributed by atoms with Gasteiger partial charge in [0, 0.05) is 38.8 Å². The number of ether oxygens (including phenoxy) is 1. The molecule has 0 aromatic carbocycles. The summed E-state index contributed by atoms with van der Waals surface area (Å²) < 4.78 is 5.26. The van der Waals surface area contributed by atoms with Crippen LogP contribution in [-0.4, -0.2) is 85.5 Å². The summed E-state index contributed by atoms with van der Waals surface area (Å²) in [6.45, 7) is 6.36. The Morgan fingerprint density at radius 2 is 1.62 bits per heavy atom. The highest BCUT2D eigenvalue weighted by molar-refractivity contribution is 5.79. The van der Waals surface area contributed by atoms with Crippen molar-refractivity contribution in [1.82, 2.24) is 14.7 Å². The monoisotopic (exact) mass is 339 g/mol. The Kier molecular flexibility index (Phi) is 7.99. The highest BCUT2D eigenvalue weighted by atomic mass is 16.5. The summed E-state index contributed by atoms with van der Waals surface area (Å²) in [7, 11) is 2.06. The topological polar surface area (TPSA) is 53.1 Å². The van der Waals surface area contributed by atoms with Crippen LogP contribution in [0, 0.1) is 0 Å². The zero-order valence-corrected chi connectivity index (χ0v) is 15.3. The third kappa shape index (κ3) is 5.74. The van der Waals surface area contributed by atoms with Crippen LogP contribution in [0.1, 0.15) is 45.4 Å². The van der Waals surface area contributed by atoms with Crippen LogP contribution < -0.4 is 0 Å². The van der Waals surface area contributed by atoms with Gasteiger partial charge in [0.05, 0.1) is 19.6 Å². The van der Waals surface area contributed by atoms with Crippen molar-refractivity contribution >= 4 is 11.8 Å². The molecule has 0 atom stereocenters. The van der Waals surface area contributed by atoms with E-state index in [2.05, 4.69) is 11.9 Å². The third-order valence-electron chi connectivity index (χ3n) is 5.20. The lowest BCUT2D eigenvalue weighted by atomic mass is 10.2. The summed E-state index contributed by atoms with van der Waals surface area (Å²) >= 11 is 0. The SMILES string of the molecule is CCOCCC(=O)N1CCCN(C(=O)CN(C)C2CCCC2)CC1. The standard InChI is InChI=1S/C18H33N3O3/c1-3-24-14-9-17(22)20-10-6-11-21(13-12-20)18(23)15-19(2)16-7-4-5-8-16/h16H,3-15H2,1-2H3. The first-order valence-corrected chi connectivity index (χ1v) is 9.45. The van der Waals surface area contributed by atoms with Crippen LogP contribution >= 0.6 is 0 Å². The summed E-state index contributed by atoms with van der Waals surface area (Å²) in [5.74, 6) is 0.342. The number of nitrogens with zero attached hydrogens (tertiary/aromatic N) is 3. The van der Waals surface area contributed by atoms with Gasteiger partial charge in [-0.3, -0.25) is 14.5 Å². The minimum atomic E-state index is 0.140. The van der Waals surface area contributed by atoms with Crippen LogP contribution in [-0.2, 0) is 14.3 Å². The first-order chi connectivity index (χ1) is 11.6. The van der Waals surface area contributed by atoms with E-state index < -0.39 is 0 Å². The Morgan fingerprint density at radius 3 is 2.25 bits per heavy atom. The van der Waals surface area contributed by atoms with Gasteiger partial charge in [-0.15, -0.1) is 0 Å². The Hall–Kier alpha value is -1.14. The van der Waals surface area contributed by atoms with E-state index in [1.54, 1.807) is 0 Å². The lowest BCUT2D eigenvalue weighted by Crippen LogP contribution is -2.43. The summed E-state index contributed by atoms with van der Waals surface area (Å²) in [6, 6.07) is 0.567. The first kappa shape index (κ1) is 19.2. The Bertz CT molecular complexity index is 410. The molecular formula is C18H33N3O3. The summed E-state index contributed by atoms with van der Waals surface area (Å²) in [5, 5.41) is 0. The van der Waals surface area contributed by atoms with Crippen molar-refractivity contribution in [3.8, 4) is 0 Å². The zero-order valence-electron chi connectivity index (χ0n) is 15.3. The smallest absolute Gasteiger partial charge is 0.236 e. The molecule has 2 amide bonds. The number of hydrogen-bond acceptors (Lipinski definition) is 4. The van der Waals surface area contributed by atoms with E-state index in [1.165, 1.54) is 25.7 Å². The van der Waals surface area contributed by atoms with Crippen molar-refractivity contribution in [2.75, 3.05) is 53.0 Å². The second-order valence-corrected chi connectivity index (χ2v) is 6.92. The minimum Gasteiger partial charge on any atom is -0.381 e. The van der Waals surface area contributed by atoms with Crippen LogP contribution in [0.15, 0.2) is 0 Å². The van der Waals surface area contributed by atoms with Gasteiger partial charge in [-0.2, -0.15) is 0 Å². The highest BCUT2D eigenvalue weighted by Crippen LogP contribution is 2.22. The number of amides is 2. The molecule has 1 aliphatic carbocycles. The van der Waals surface area contributed by atoms with Crippen molar-refractivity contribution in [3.63, 3.8) is 0 Å². The molecule has 0 unspecified atom stereocenters. The number of carbonyl (C=O) groups excluding carboxylic acids is 2. The minimum absolute atomic E-state index is 0.140. The van der Waals surface area contributed by atoms with E-state index in [4.69, 9.17) is 4.74 Å². The molecule has 1 heterocycles. The fraction of sp³-hybridized carbons (Fsp3) is 0.889. The predicted octanol–water partition coefficient (Wildman–Crippen LogP) is 1.35. The van der Waals surface area contributed by atoms with Gasteiger partial charge in [-0.05, 0) is 33.2 Å². The van der Waals surface area contributed by atoms with Crippen LogP contribution in [0.4, 0.5) is 0 Å². The lowest BCUT2D eigenvalue weighted by molar-refractivity contribution is -0.134. The highest BCUT2D eigenvalue weighted by Gasteiger charge is 2.25. The molecule has 0 N–H and O–H groups in total. The molecule has 1 saturated carbocycles. The molecule has 2 rings (SSSR count). The maximum atomic E-state index is 12.6. The van der Waals surface area contributed by atoms with Gasteiger partial charge in [-0.1, -0.05) is 12.8 Å². The molecule has 0 bridgehead atoms. The van der Waals surface area contributed by atoms with Gasteiger partial charge in [0.15, 0.2) is 0 Å². The molecule has 0 aromatic heterocycles. The molecule has 6 nitrogen and oxygen atoms in total. The molecule has 0 spiro atoms. The molecule has 138 valence electrons. The van der Waals surface area contributed by atoms with E-state index >= 15 is 0 Å². The second-order valence-electron chi connectivity index (χ2n) is 6.92. The van der Waals surface area contributed by atoms with Crippen molar-refractivity contribution in [2.24, 2.45) is 0 Å². The van der Waals surface area contributed by atoms with Crippen molar-refractivity contribution in [3.05, 3.63) is 0 Å². The van der Waals surface area contributed by atoms with Gasteiger partial charge in [0.1, 0.15) is 0 Å². The molecule has 2 aliphatic rings. The van der Waals surface area contributed by atoms with E-state index in [1.807, 2.05) is 16.7 Å². The molecule has 0 aromatic rings. The molecule has 1 saturated heterocycles. The molecule has 0 radical (unpaired) electrons. The van der Waals surface area contributed by atoms with Crippen LogP contribution in [0.2, 0.25) is 0 Å². The number of likely N-dealkylation sites (N-methyl/N-ethyl adjacent to an activating group) is 1. The lowest BCUT2D eigenvalue weighted by Gasteiger charge is -2.27. The maximum Gasteiger partial charge on any atom is 0.236 e. The van der Waals surface area contributed by atoms with E-state index in [0.717, 1.165) is 19.5 Å². The van der Waals surface area contributed by atoms with Crippen molar-refractivity contribution in [1.29, 1.82) is 0 Å². The number of hydrogen-bond donors (Lipinski definition) is 0. The molecule has 24 heavy (non-hydrogen) atoms. The van der Waals surface area contributed by atoms with Gasteiger partial charge in [0.25, 0.3) is 0 Å². The Labute approximate surface area is 146 Å². The van der Waals surface area contributed by atoms with Crippen LogP contribution in [0.3, 0.4) is 0 Å². The van der Waals surface area contributed by atoms with Crippen molar-refractivity contribution < 1.29 is 14.3 Å². The number of rotatable bonds is 7. The molecule has 6 heteroatoms. The molecular weight excluding hydrogens is 306 g/mol. The summed E-state index contributed by atoms with van der Waals surface area (Å²) in [6.07, 6.45) is 6.29. The summed E-state index contributed by atoms with van der Waals surface area (Å²) in [5.41, 5.74) is 0. The number of carbonyl (C=O) groups is 2. The van der Waals surface area contributed by atoms with E-state index in [9.17, 15) is 9.59 Å². The molecule has 1 aliphatic heterocycles. The maximum absolute atomic E-state index is 12.6.